The summed E-state index contributed by atoms with van der Waals surface area (Å²) in [6.45, 7) is 10.5. The molecule has 4 aromatic rings. The van der Waals surface area contributed by atoms with E-state index in [0.29, 0.717) is 13.2 Å². The quantitative estimate of drug-likeness (QED) is 0.236. The lowest BCUT2D eigenvalue weighted by Gasteiger charge is -2.48. The zero-order chi connectivity index (χ0) is 29.7. The van der Waals surface area contributed by atoms with Crippen LogP contribution in [-0.2, 0) is 10.8 Å². The normalized spacial score (nSPS) is 25.0. The van der Waals surface area contributed by atoms with Gasteiger partial charge in [0.25, 0.3) is 0 Å². The summed E-state index contributed by atoms with van der Waals surface area (Å²) < 4.78 is 19.0. The molecular weight excluding hydrogens is 579 g/mol. The number of ether oxygens (including phenoxy) is 3. The minimum Gasteiger partial charge on any atom is -0.493 e. The Hall–Kier alpha value is -3.54. The lowest BCUT2D eigenvalue weighted by Crippen LogP contribution is -2.46. The van der Waals surface area contributed by atoms with E-state index < -0.39 is 0 Å². The molecule has 0 spiro atoms. The zero-order valence-electron chi connectivity index (χ0n) is 24.6. The third-order valence-electron chi connectivity index (χ3n) is 10.3. The zero-order valence-corrected chi connectivity index (χ0v) is 26.1. The monoisotopic (exact) mass is 612 g/mol. The van der Waals surface area contributed by atoms with E-state index in [1.54, 1.807) is 0 Å². The van der Waals surface area contributed by atoms with Gasteiger partial charge in [-0.15, -0.1) is 0 Å². The molecule has 0 unspecified atom stereocenters. The van der Waals surface area contributed by atoms with E-state index in [4.69, 9.17) is 37.4 Å². The lowest BCUT2D eigenvalue weighted by molar-refractivity contribution is 0.135. The van der Waals surface area contributed by atoms with Gasteiger partial charge < -0.3 is 24.8 Å². The van der Waals surface area contributed by atoms with Crippen molar-refractivity contribution in [2.24, 2.45) is 11.8 Å². The first-order valence-electron chi connectivity index (χ1n) is 14.9. The van der Waals surface area contributed by atoms with Crippen molar-refractivity contribution < 1.29 is 14.2 Å². The number of fused-ring (bicyclic) bond motifs is 8. The summed E-state index contributed by atoms with van der Waals surface area (Å²) in [7, 11) is 0. The molecule has 0 aromatic heterocycles. The minimum absolute atomic E-state index is 0.127. The van der Waals surface area contributed by atoms with Gasteiger partial charge in [-0.1, -0.05) is 50.9 Å². The van der Waals surface area contributed by atoms with Crippen molar-refractivity contribution in [2.45, 2.75) is 50.6 Å². The van der Waals surface area contributed by atoms with Crippen LogP contribution in [0.15, 0.2) is 72.8 Å². The van der Waals surface area contributed by atoms with Gasteiger partial charge in [0.05, 0.1) is 25.3 Å². The van der Waals surface area contributed by atoms with E-state index in [1.807, 2.05) is 36.4 Å². The highest BCUT2D eigenvalue weighted by atomic mass is 35.5. The Balaban J connectivity index is 1.10. The van der Waals surface area contributed by atoms with Crippen molar-refractivity contribution in [3.8, 4) is 23.0 Å². The Morgan fingerprint density at radius 2 is 1.07 bits per heavy atom. The molecule has 0 amide bonds. The van der Waals surface area contributed by atoms with Crippen LogP contribution in [0, 0.1) is 11.8 Å². The fourth-order valence-electron chi connectivity index (χ4n) is 7.74. The van der Waals surface area contributed by atoms with E-state index >= 15 is 0 Å². The third-order valence-corrected chi connectivity index (χ3v) is 10.8. The van der Waals surface area contributed by atoms with Crippen LogP contribution in [0.4, 0.5) is 11.4 Å². The summed E-state index contributed by atoms with van der Waals surface area (Å²) in [5, 5.41) is 9.04. The maximum atomic E-state index is 6.56. The molecule has 0 aliphatic carbocycles. The fraction of sp³-hybridized carbons (Fsp3) is 0.333. The number of hydrogen-bond donors (Lipinski definition) is 2. The summed E-state index contributed by atoms with van der Waals surface area (Å²) in [5.74, 6) is 3.92. The average Bonchev–Trinajstić information content (AvgIpc) is 2.98. The van der Waals surface area contributed by atoms with Crippen molar-refractivity contribution in [2.75, 3.05) is 23.8 Å². The smallest absolute Gasteiger partial charge is 0.127 e. The molecule has 2 N–H and O–H groups in total. The fourth-order valence-corrected chi connectivity index (χ4v) is 8.10. The topological polar surface area (TPSA) is 51.8 Å². The Bertz CT molecular complexity index is 1660. The van der Waals surface area contributed by atoms with E-state index in [0.717, 1.165) is 55.5 Å². The highest BCUT2D eigenvalue weighted by Crippen LogP contribution is 2.55. The van der Waals surface area contributed by atoms with Crippen LogP contribution in [0.1, 0.15) is 62.0 Å². The molecular formula is C36H34Cl2N2O3. The summed E-state index contributed by atoms with van der Waals surface area (Å²) in [5.41, 5.74) is 6.61. The minimum atomic E-state index is -0.151. The highest BCUT2D eigenvalue weighted by Gasteiger charge is 2.48. The molecule has 0 radical (unpaired) electrons. The third kappa shape index (κ3) is 4.19. The molecule has 4 heterocycles. The Morgan fingerprint density at radius 1 is 0.628 bits per heavy atom. The van der Waals surface area contributed by atoms with E-state index in [2.05, 4.69) is 74.7 Å². The largest absolute Gasteiger partial charge is 0.493 e. The molecule has 4 aliphatic rings. The molecule has 220 valence electrons. The SMILES string of the molecule is CC1(C)c2cc(Oc3ccc4c(c3)C(C)(C)[C@@H]3COc5ccc(Cl)cc5[C@H]3N4)ccc2N[C@@H]2c3cc(Cl)ccc3OC[C@H]21. The van der Waals surface area contributed by atoms with Gasteiger partial charge in [0.2, 0.25) is 0 Å². The van der Waals surface area contributed by atoms with Gasteiger partial charge in [-0.3, -0.25) is 0 Å². The molecule has 7 heteroatoms. The molecule has 8 rings (SSSR count). The maximum absolute atomic E-state index is 6.56. The van der Waals surface area contributed by atoms with Gasteiger partial charge >= 0.3 is 0 Å². The second-order valence-electron chi connectivity index (χ2n) is 13.4. The van der Waals surface area contributed by atoms with Crippen molar-refractivity contribution in [3.05, 3.63) is 105 Å². The second-order valence-corrected chi connectivity index (χ2v) is 14.3. The molecule has 0 fully saturated rings. The molecule has 4 aliphatic heterocycles. The van der Waals surface area contributed by atoms with E-state index in [9.17, 15) is 0 Å². The number of nitrogens with one attached hydrogen (secondary N) is 2. The van der Waals surface area contributed by atoms with Crippen LogP contribution in [0.2, 0.25) is 10.0 Å². The molecule has 4 atom stereocenters. The van der Waals surface area contributed by atoms with Gasteiger partial charge in [0.15, 0.2) is 0 Å². The van der Waals surface area contributed by atoms with Crippen LogP contribution in [0.5, 0.6) is 23.0 Å². The number of hydrogen-bond acceptors (Lipinski definition) is 5. The second kappa shape index (κ2) is 9.48. The van der Waals surface area contributed by atoms with Crippen LogP contribution in [-0.4, -0.2) is 13.2 Å². The maximum Gasteiger partial charge on any atom is 0.127 e. The highest BCUT2D eigenvalue weighted by molar-refractivity contribution is 6.31. The number of halogens is 2. The van der Waals surface area contributed by atoms with Gasteiger partial charge in [-0.2, -0.15) is 0 Å². The summed E-state index contributed by atoms with van der Waals surface area (Å²) in [6.07, 6.45) is 0. The van der Waals surface area contributed by atoms with E-state index in [-0.39, 0.29) is 34.7 Å². The summed E-state index contributed by atoms with van der Waals surface area (Å²) >= 11 is 12.8. The average molecular weight is 614 g/mol. The molecule has 43 heavy (non-hydrogen) atoms. The first-order valence-corrected chi connectivity index (χ1v) is 15.7. The van der Waals surface area contributed by atoms with E-state index in [1.165, 1.54) is 11.1 Å². The molecule has 5 nitrogen and oxygen atoms in total. The van der Waals surface area contributed by atoms with Crippen LogP contribution in [0.3, 0.4) is 0 Å². The number of anilines is 2. The molecule has 4 aromatic carbocycles. The van der Waals surface area contributed by atoms with Gasteiger partial charge in [0, 0.05) is 55.2 Å². The Kier molecular flexibility index (Phi) is 5.96. The number of rotatable bonds is 2. The Labute approximate surface area is 262 Å². The van der Waals surface area contributed by atoms with Crippen LogP contribution >= 0.6 is 23.2 Å². The van der Waals surface area contributed by atoms with Crippen molar-refractivity contribution in [1.29, 1.82) is 0 Å². The summed E-state index contributed by atoms with van der Waals surface area (Å²) in [6, 6.07) is 24.8. The predicted octanol–water partition coefficient (Wildman–Crippen LogP) is 9.69. The predicted molar refractivity (Wildman–Crippen MR) is 173 cm³/mol. The van der Waals surface area contributed by atoms with Gasteiger partial charge in [-0.25, -0.2) is 0 Å². The van der Waals surface area contributed by atoms with Crippen molar-refractivity contribution in [1.82, 2.24) is 0 Å². The lowest BCUT2D eigenvalue weighted by atomic mass is 9.65. The standard InChI is InChI=1S/C36H34Cl2N2O3/c1-35(2)25-15-21(7-9-29(25)39-33-23-13-19(37)5-11-31(23)41-17-27(33)35)43-22-8-10-30-26(16-22)36(3,4)28-18-42-32-12-6-20(38)14-24(32)34(28)40-30/h5-16,27-28,33-34,39-40H,17-18H2,1-4H3/t27-,28-,33-,34-/m1/s1. The van der Waals surface area contributed by atoms with Crippen molar-refractivity contribution >= 4 is 34.6 Å². The van der Waals surface area contributed by atoms with Gasteiger partial charge in [-0.05, 0) is 83.9 Å². The van der Waals surface area contributed by atoms with Gasteiger partial charge in [0.1, 0.15) is 23.0 Å². The first-order chi connectivity index (χ1) is 20.6. The molecule has 0 bridgehead atoms. The summed E-state index contributed by atoms with van der Waals surface area (Å²) in [4.78, 5) is 0. The van der Waals surface area contributed by atoms with Crippen molar-refractivity contribution in [3.63, 3.8) is 0 Å². The number of benzene rings is 4. The first kappa shape index (κ1) is 27.0. The molecule has 0 saturated heterocycles. The molecule has 0 saturated carbocycles. The Morgan fingerprint density at radius 3 is 1.51 bits per heavy atom. The van der Waals surface area contributed by atoms with Crippen LogP contribution in [0.25, 0.3) is 0 Å². The van der Waals surface area contributed by atoms with Crippen LogP contribution < -0.4 is 24.8 Å².